The number of nitrogens with two attached hydrogens (primary N) is 1. The highest BCUT2D eigenvalue weighted by molar-refractivity contribution is 5.82. The molecule has 0 saturated heterocycles. The van der Waals surface area contributed by atoms with Gasteiger partial charge in [0.2, 0.25) is 0 Å². The zero-order valence-corrected chi connectivity index (χ0v) is 13.1. The van der Waals surface area contributed by atoms with Crippen molar-refractivity contribution in [1.29, 1.82) is 0 Å². The molecule has 0 fully saturated rings. The summed E-state index contributed by atoms with van der Waals surface area (Å²) in [7, 11) is 0. The summed E-state index contributed by atoms with van der Waals surface area (Å²) >= 11 is 0. The van der Waals surface area contributed by atoms with Crippen LogP contribution in [0.3, 0.4) is 0 Å². The second-order valence-electron chi connectivity index (χ2n) is 6.01. The van der Waals surface area contributed by atoms with Crippen molar-refractivity contribution in [3.05, 3.63) is 18.2 Å². The summed E-state index contributed by atoms with van der Waals surface area (Å²) in [6.07, 6.45) is -0.0850. The predicted molar refractivity (Wildman–Crippen MR) is 83.5 cm³/mol. The van der Waals surface area contributed by atoms with Gasteiger partial charge >= 0.3 is 5.97 Å². The van der Waals surface area contributed by atoms with Crippen LogP contribution in [0.25, 0.3) is 0 Å². The Hall–Kier alpha value is -1.91. The molecule has 0 spiro atoms. The van der Waals surface area contributed by atoms with E-state index in [1.807, 2.05) is 36.9 Å². The van der Waals surface area contributed by atoms with Crippen LogP contribution in [0, 0.1) is 5.92 Å². The number of ether oxygens (including phenoxy) is 2. The average Bonchev–Trinajstić information content (AvgIpc) is 2.37. The van der Waals surface area contributed by atoms with E-state index in [0.717, 1.165) is 11.4 Å². The molecule has 5 heteroatoms. The fourth-order valence-electron chi connectivity index (χ4n) is 2.43. The Morgan fingerprint density at radius 2 is 2.14 bits per heavy atom. The lowest BCUT2D eigenvalue weighted by Crippen LogP contribution is -2.45. The van der Waals surface area contributed by atoms with Crippen molar-refractivity contribution in [2.75, 3.05) is 23.7 Å². The second kappa shape index (κ2) is 6.24. The van der Waals surface area contributed by atoms with Crippen molar-refractivity contribution in [2.24, 2.45) is 5.92 Å². The van der Waals surface area contributed by atoms with Gasteiger partial charge in [-0.15, -0.1) is 0 Å². The summed E-state index contributed by atoms with van der Waals surface area (Å²) in [6.45, 7) is 8.71. The van der Waals surface area contributed by atoms with Crippen molar-refractivity contribution in [1.82, 2.24) is 0 Å². The molecule has 116 valence electrons. The number of hydrogen-bond acceptors (Lipinski definition) is 5. The van der Waals surface area contributed by atoms with Crippen LogP contribution in [0.2, 0.25) is 0 Å². The van der Waals surface area contributed by atoms with E-state index in [-0.39, 0.29) is 24.7 Å². The minimum Gasteiger partial charge on any atom is -0.486 e. The van der Waals surface area contributed by atoms with Gasteiger partial charge in [0.25, 0.3) is 0 Å². The Labute approximate surface area is 126 Å². The zero-order valence-electron chi connectivity index (χ0n) is 13.1. The molecule has 1 aromatic carbocycles. The first kappa shape index (κ1) is 15.5. The van der Waals surface area contributed by atoms with Crippen molar-refractivity contribution in [3.8, 4) is 5.75 Å². The largest absolute Gasteiger partial charge is 0.486 e. The number of para-hydroxylation sites is 1. The van der Waals surface area contributed by atoms with Crippen LogP contribution in [0.15, 0.2) is 18.2 Å². The molecule has 0 saturated carbocycles. The fraction of sp³-hybridized carbons (Fsp3) is 0.562. The number of anilines is 2. The molecule has 0 aromatic heterocycles. The van der Waals surface area contributed by atoms with Crippen LogP contribution in [0.5, 0.6) is 5.75 Å². The van der Waals surface area contributed by atoms with Gasteiger partial charge in [0, 0.05) is 0 Å². The van der Waals surface area contributed by atoms with Crippen LogP contribution >= 0.6 is 0 Å². The van der Waals surface area contributed by atoms with Crippen LogP contribution in [-0.4, -0.2) is 31.3 Å². The number of nitrogen functional groups attached to an aromatic ring is 1. The van der Waals surface area contributed by atoms with E-state index in [9.17, 15) is 4.79 Å². The van der Waals surface area contributed by atoms with Gasteiger partial charge in [-0.1, -0.05) is 19.9 Å². The quantitative estimate of drug-likeness (QED) is 0.682. The smallest absolute Gasteiger partial charge is 0.325 e. The SMILES string of the molecule is CC(C)OC(=O)CN1CC(C(C)C)Oc2cccc(N)c21. The maximum Gasteiger partial charge on any atom is 0.325 e. The summed E-state index contributed by atoms with van der Waals surface area (Å²) in [4.78, 5) is 13.9. The Kier molecular flexibility index (Phi) is 4.60. The lowest BCUT2D eigenvalue weighted by atomic mass is 10.0. The molecular weight excluding hydrogens is 268 g/mol. The van der Waals surface area contributed by atoms with Gasteiger partial charge in [-0.2, -0.15) is 0 Å². The van der Waals surface area contributed by atoms with Gasteiger partial charge in [-0.25, -0.2) is 0 Å². The van der Waals surface area contributed by atoms with E-state index in [4.69, 9.17) is 15.2 Å². The number of fused-ring (bicyclic) bond motifs is 1. The molecule has 1 heterocycles. The first-order valence-electron chi connectivity index (χ1n) is 7.38. The lowest BCUT2D eigenvalue weighted by molar-refractivity contribution is -0.145. The molecule has 21 heavy (non-hydrogen) atoms. The molecule has 5 nitrogen and oxygen atoms in total. The molecule has 0 radical (unpaired) electrons. The topological polar surface area (TPSA) is 64.8 Å². The molecule has 1 unspecified atom stereocenters. The summed E-state index contributed by atoms with van der Waals surface area (Å²) in [6, 6.07) is 5.57. The summed E-state index contributed by atoms with van der Waals surface area (Å²) in [5.74, 6) is 0.837. The van der Waals surface area contributed by atoms with E-state index in [2.05, 4.69) is 13.8 Å². The van der Waals surface area contributed by atoms with E-state index in [1.54, 1.807) is 0 Å². The van der Waals surface area contributed by atoms with Crippen LogP contribution in [0.4, 0.5) is 11.4 Å². The molecular formula is C16H24N2O3. The van der Waals surface area contributed by atoms with Crippen molar-refractivity contribution in [3.63, 3.8) is 0 Å². The van der Waals surface area contributed by atoms with Crippen molar-refractivity contribution < 1.29 is 14.3 Å². The minimum absolute atomic E-state index is 0.0335. The summed E-state index contributed by atoms with van der Waals surface area (Å²) < 4.78 is 11.2. The Bertz CT molecular complexity index is 514. The molecule has 0 bridgehead atoms. The molecule has 1 aliphatic heterocycles. The number of carbonyl (C=O) groups is 1. The highest BCUT2D eigenvalue weighted by Gasteiger charge is 2.30. The van der Waals surface area contributed by atoms with Crippen LogP contribution < -0.4 is 15.4 Å². The Balaban J connectivity index is 2.25. The summed E-state index contributed by atoms with van der Waals surface area (Å²) in [5, 5.41) is 0. The highest BCUT2D eigenvalue weighted by atomic mass is 16.5. The third-order valence-electron chi connectivity index (χ3n) is 3.46. The number of nitrogens with zero attached hydrogens (tertiary/aromatic N) is 1. The number of benzene rings is 1. The first-order chi connectivity index (χ1) is 9.88. The first-order valence-corrected chi connectivity index (χ1v) is 7.38. The molecule has 1 atom stereocenters. The minimum atomic E-state index is -0.247. The van der Waals surface area contributed by atoms with Gasteiger partial charge in [0.05, 0.1) is 18.3 Å². The van der Waals surface area contributed by atoms with Crippen molar-refractivity contribution in [2.45, 2.75) is 39.9 Å². The van der Waals surface area contributed by atoms with Gasteiger partial charge < -0.3 is 20.1 Å². The lowest BCUT2D eigenvalue weighted by Gasteiger charge is -2.38. The Morgan fingerprint density at radius 1 is 1.43 bits per heavy atom. The monoisotopic (exact) mass is 292 g/mol. The predicted octanol–water partition coefficient (Wildman–Crippen LogP) is 2.44. The van der Waals surface area contributed by atoms with Gasteiger partial charge in [0.1, 0.15) is 24.1 Å². The average molecular weight is 292 g/mol. The van der Waals surface area contributed by atoms with Gasteiger partial charge in [-0.3, -0.25) is 4.79 Å². The van der Waals surface area contributed by atoms with E-state index in [1.165, 1.54) is 0 Å². The molecule has 2 N–H and O–H groups in total. The normalized spacial score (nSPS) is 17.6. The molecule has 0 amide bonds. The molecule has 0 aliphatic carbocycles. The zero-order chi connectivity index (χ0) is 15.6. The summed E-state index contributed by atoms with van der Waals surface area (Å²) in [5.41, 5.74) is 7.46. The van der Waals surface area contributed by atoms with Gasteiger partial charge in [0.15, 0.2) is 0 Å². The second-order valence-corrected chi connectivity index (χ2v) is 6.01. The highest BCUT2D eigenvalue weighted by Crippen LogP contribution is 2.39. The number of rotatable bonds is 4. The van der Waals surface area contributed by atoms with E-state index in [0.29, 0.717) is 18.2 Å². The standard InChI is InChI=1S/C16H24N2O3/c1-10(2)14-8-18(9-15(19)20-11(3)4)16-12(17)6-5-7-13(16)21-14/h5-7,10-11,14H,8-9,17H2,1-4H3. The van der Waals surface area contributed by atoms with Crippen molar-refractivity contribution >= 4 is 17.3 Å². The molecule has 1 aliphatic rings. The third-order valence-corrected chi connectivity index (χ3v) is 3.46. The Morgan fingerprint density at radius 3 is 2.76 bits per heavy atom. The van der Waals surface area contributed by atoms with Crippen LogP contribution in [-0.2, 0) is 9.53 Å². The van der Waals surface area contributed by atoms with Crippen LogP contribution in [0.1, 0.15) is 27.7 Å². The molecule has 1 aromatic rings. The third kappa shape index (κ3) is 3.60. The van der Waals surface area contributed by atoms with Gasteiger partial charge in [-0.05, 0) is 31.9 Å². The maximum absolute atomic E-state index is 12.0. The van der Waals surface area contributed by atoms with E-state index < -0.39 is 0 Å². The number of esters is 1. The van der Waals surface area contributed by atoms with E-state index >= 15 is 0 Å². The number of carbonyl (C=O) groups excluding carboxylic acids is 1. The fourth-order valence-corrected chi connectivity index (χ4v) is 2.43. The maximum atomic E-state index is 12.0. The molecule has 2 rings (SSSR count). The number of hydrogen-bond donors (Lipinski definition) is 1.